The molecule has 0 unspecified atom stereocenters. The van der Waals surface area contributed by atoms with E-state index in [-0.39, 0.29) is 31.3 Å². The Balaban J connectivity index is 1.99. The van der Waals surface area contributed by atoms with Crippen LogP contribution in [-0.2, 0) is 9.47 Å². The average molecular weight is 320 g/mol. The highest BCUT2D eigenvalue weighted by Gasteiger charge is 2.44. The monoisotopic (exact) mass is 320 g/mol. The van der Waals surface area contributed by atoms with Gasteiger partial charge in [-0.25, -0.2) is 0 Å². The van der Waals surface area contributed by atoms with Crippen molar-refractivity contribution in [3.05, 3.63) is 0 Å². The molecular weight excluding hydrogens is 292 g/mol. The minimum Gasteiger partial charge on any atom is -0.395 e. The number of ether oxygens (including phenoxy) is 2. The summed E-state index contributed by atoms with van der Waals surface area (Å²) in [5, 5.41) is 32.2. The summed E-state index contributed by atoms with van der Waals surface area (Å²) in [6.07, 6.45) is -3.04. The van der Waals surface area contributed by atoms with Gasteiger partial charge in [0.05, 0.1) is 18.8 Å². The average Bonchev–Trinajstić information content (AvgIpc) is 2.69. The van der Waals surface area contributed by atoms with Gasteiger partial charge in [0.25, 0.3) is 0 Å². The molecule has 10 N–H and O–H groups in total. The standard InChI is InChI=1S/C13H28N4O5/c14-4-9-11(19)12(20)10(16)13(22-9)21-8-1-2-17-6(5-18)3-7(8)15/h6-13,17-20H,1-5,14-16H2/t6-,7+,8+,9+,10+,11+,12+,13-/m0/s1. The van der Waals surface area contributed by atoms with E-state index in [2.05, 4.69) is 5.32 Å². The van der Waals surface area contributed by atoms with Crippen molar-refractivity contribution in [1.29, 1.82) is 0 Å². The van der Waals surface area contributed by atoms with E-state index in [1.165, 1.54) is 0 Å². The van der Waals surface area contributed by atoms with E-state index < -0.39 is 30.6 Å². The van der Waals surface area contributed by atoms with Crippen LogP contribution in [0.4, 0.5) is 0 Å². The van der Waals surface area contributed by atoms with Gasteiger partial charge in [-0.1, -0.05) is 0 Å². The van der Waals surface area contributed by atoms with Gasteiger partial charge >= 0.3 is 0 Å². The number of aliphatic hydroxyl groups is 3. The molecule has 2 aliphatic heterocycles. The Morgan fingerprint density at radius 1 is 1.23 bits per heavy atom. The van der Waals surface area contributed by atoms with E-state index in [0.717, 1.165) is 0 Å². The van der Waals surface area contributed by atoms with Gasteiger partial charge in [-0.05, 0) is 19.4 Å². The molecule has 0 saturated carbocycles. The highest BCUT2D eigenvalue weighted by molar-refractivity contribution is 4.93. The van der Waals surface area contributed by atoms with Crippen molar-refractivity contribution in [2.75, 3.05) is 19.7 Å². The maximum Gasteiger partial charge on any atom is 0.176 e. The topological polar surface area (TPSA) is 169 Å². The Bertz CT molecular complexity index is 348. The number of hydrogen-bond acceptors (Lipinski definition) is 9. The first-order chi connectivity index (χ1) is 10.5. The molecule has 0 amide bonds. The Morgan fingerprint density at radius 2 is 1.95 bits per heavy atom. The van der Waals surface area contributed by atoms with Gasteiger partial charge in [0.15, 0.2) is 6.29 Å². The molecule has 0 aliphatic carbocycles. The Kier molecular flexibility index (Phi) is 6.50. The van der Waals surface area contributed by atoms with E-state index in [9.17, 15) is 15.3 Å². The number of rotatable bonds is 4. The van der Waals surface area contributed by atoms with Gasteiger partial charge in [0.2, 0.25) is 0 Å². The van der Waals surface area contributed by atoms with Gasteiger partial charge in [-0.2, -0.15) is 0 Å². The van der Waals surface area contributed by atoms with Crippen LogP contribution in [-0.4, -0.2) is 83.8 Å². The zero-order valence-electron chi connectivity index (χ0n) is 12.5. The quantitative estimate of drug-likeness (QED) is 0.274. The third-order valence-corrected chi connectivity index (χ3v) is 4.41. The third-order valence-electron chi connectivity index (χ3n) is 4.41. The molecule has 9 nitrogen and oxygen atoms in total. The van der Waals surface area contributed by atoms with Crippen molar-refractivity contribution in [3.63, 3.8) is 0 Å². The van der Waals surface area contributed by atoms with Crippen molar-refractivity contribution in [1.82, 2.24) is 5.32 Å². The first-order valence-corrected chi connectivity index (χ1v) is 7.70. The summed E-state index contributed by atoms with van der Waals surface area (Å²) in [6, 6.07) is -1.23. The predicted molar refractivity (Wildman–Crippen MR) is 78.7 cm³/mol. The molecule has 2 rings (SSSR count). The first kappa shape index (κ1) is 18.0. The number of nitrogens with one attached hydrogen (secondary N) is 1. The highest BCUT2D eigenvalue weighted by atomic mass is 16.7. The smallest absolute Gasteiger partial charge is 0.176 e. The molecule has 0 bridgehead atoms. The highest BCUT2D eigenvalue weighted by Crippen LogP contribution is 2.23. The van der Waals surface area contributed by atoms with E-state index in [1.807, 2.05) is 0 Å². The fourth-order valence-electron chi connectivity index (χ4n) is 2.96. The maximum atomic E-state index is 9.98. The van der Waals surface area contributed by atoms with E-state index in [1.54, 1.807) is 0 Å². The Labute approximate surface area is 129 Å². The van der Waals surface area contributed by atoms with Crippen LogP contribution in [0.25, 0.3) is 0 Å². The lowest BCUT2D eigenvalue weighted by Gasteiger charge is -2.42. The van der Waals surface area contributed by atoms with Crippen LogP contribution < -0.4 is 22.5 Å². The van der Waals surface area contributed by atoms with E-state index in [4.69, 9.17) is 26.7 Å². The summed E-state index contributed by atoms with van der Waals surface area (Å²) in [5.74, 6) is 0. The molecule has 2 fully saturated rings. The second-order valence-corrected chi connectivity index (χ2v) is 6.03. The molecule has 0 radical (unpaired) electrons. The molecule has 9 heteroatoms. The predicted octanol–water partition coefficient (Wildman–Crippen LogP) is -3.82. The summed E-state index contributed by atoms with van der Waals surface area (Å²) in [4.78, 5) is 0. The SMILES string of the molecule is NC[C@H]1O[C@H](O[C@@H]2CCN[C@H](CO)C[C@H]2N)[C@H](N)[C@@H](O)[C@@H]1O. The van der Waals surface area contributed by atoms with Crippen LogP contribution in [0.3, 0.4) is 0 Å². The molecule has 8 atom stereocenters. The molecule has 2 saturated heterocycles. The number of hydrogen-bond donors (Lipinski definition) is 7. The molecular formula is C13H28N4O5. The lowest BCUT2D eigenvalue weighted by molar-refractivity contribution is -0.272. The zero-order valence-corrected chi connectivity index (χ0v) is 12.5. The van der Waals surface area contributed by atoms with Gasteiger partial charge < -0.3 is 47.3 Å². The number of aliphatic hydroxyl groups excluding tert-OH is 3. The minimum absolute atomic E-state index is 0.0139. The molecule has 0 spiro atoms. The van der Waals surface area contributed by atoms with Crippen LogP contribution in [0, 0.1) is 0 Å². The molecule has 2 aliphatic rings. The van der Waals surface area contributed by atoms with Crippen LogP contribution in [0.5, 0.6) is 0 Å². The van der Waals surface area contributed by atoms with Gasteiger partial charge in [-0.15, -0.1) is 0 Å². The summed E-state index contributed by atoms with van der Waals surface area (Å²) >= 11 is 0. The zero-order chi connectivity index (χ0) is 16.3. The fourth-order valence-corrected chi connectivity index (χ4v) is 2.96. The second kappa shape index (κ2) is 7.95. The van der Waals surface area contributed by atoms with Gasteiger partial charge in [-0.3, -0.25) is 0 Å². The summed E-state index contributed by atoms with van der Waals surface area (Å²) in [7, 11) is 0. The van der Waals surface area contributed by atoms with E-state index >= 15 is 0 Å². The minimum atomic E-state index is -1.17. The first-order valence-electron chi connectivity index (χ1n) is 7.70. The van der Waals surface area contributed by atoms with Crippen LogP contribution in [0.2, 0.25) is 0 Å². The Morgan fingerprint density at radius 3 is 2.59 bits per heavy atom. The lowest BCUT2D eigenvalue weighted by atomic mass is 9.97. The molecule has 22 heavy (non-hydrogen) atoms. The third kappa shape index (κ3) is 3.94. The van der Waals surface area contributed by atoms with Crippen molar-refractivity contribution in [2.45, 2.75) is 61.7 Å². The van der Waals surface area contributed by atoms with Crippen molar-refractivity contribution < 1.29 is 24.8 Å². The Hall–Kier alpha value is -0.360. The second-order valence-electron chi connectivity index (χ2n) is 6.03. The summed E-state index contributed by atoms with van der Waals surface area (Å²) < 4.78 is 11.4. The lowest BCUT2D eigenvalue weighted by Crippen LogP contribution is -2.64. The van der Waals surface area contributed by atoms with Crippen molar-refractivity contribution >= 4 is 0 Å². The maximum absolute atomic E-state index is 9.98. The number of nitrogens with two attached hydrogens (primary N) is 3. The molecule has 0 aromatic carbocycles. The summed E-state index contributed by atoms with van der Waals surface area (Å²) in [5.41, 5.74) is 17.5. The normalized spacial score (nSPS) is 47.2. The van der Waals surface area contributed by atoms with Crippen molar-refractivity contribution in [3.8, 4) is 0 Å². The summed E-state index contributed by atoms with van der Waals surface area (Å²) in [6.45, 7) is 0.715. The largest absolute Gasteiger partial charge is 0.395 e. The van der Waals surface area contributed by atoms with Crippen LogP contribution in [0.1, 0.15) is 12.8 Å². The van der Waals surface area contributed by atoms with Gasteiger partial charge in [0.1, 0.15) is 18.3 Å². The van der Waals surface area contributed by atoms with Gasteiger partial charge in [0, 0.05) is 18.6 Å². The van der Waals surface area contributed by atoms with Crippen LogP contribution >= 0.6 is 0 Å². The molecule has 2 heterocycles. The van der Waals surface area contributed by atoms with Crippen molar-refractivity contribution in [2.24, 2.45) is 17.2 Å². The molecule has 130 valence electrons. The van der Waals surface area contributed by atoms with E-state index in [0.29, 0.717) is 19.4 Å². The fraction of sp³-hybridized carbons (Fsp3) is 1.00. The molecule has 0 aromatic rings. The van der Waals surface area contributed by atoms with Crippen LogP contribution in [0.15, 0.2) is 0 Å². The molecule has 0 aromatic heterocycles.